The van der Waals surface area contributed by atoms with Gasteiger partial charge < -0.3 is 24.6 Å². The third-order valence-corrected chi connectivity index (χ3v) is 12.4. The summed E-state index contributed by atoms with van der Waals surface area (Å²) in [4.78, 5) is 35.0. The first-order chi connectivity index (χ1) is 26.1. The number of rotatable bonds is 13. The molecule has 2 saturated heterocycles. The van der Waals surface area contributed by atoms with E-state index in [1.807, 2.05) is 30.3 Å². The van der Waals surface area contributed by atoms with Gasteiger partial charge in [0.15, 0.2) is 0 Å². The highest BCUT2D eigenvalue weighted by Gasteiger charge is 2.59. The van der Waals surface area contributed by atoms with E-state index in [2.05, 4.69) is 35.3 Å². The molecule has 0 bridgehead atoms. The molecule has 4 aromatic rings. The average molecular weight is 772 g/mol. The number of carboxylic acid groups (broad SMARTS) is 1. The Hall–Kier alpha value is -4.38. The van der Waals surface area contributed by atoms with Crippen molar-refractivity contribution in [1.82, 2.24) is 20.2 Å². The highest BCUT2D eigenvalue weighted by Crippen LogP contribution is 2.52. The van der Waals surface area contributed by atoms with Crippen molar-refractivity contribution in [2.24, 2.45) is 17.8 Å². The number of carbonyl (C=O) groups is 2. The average Bonchev–Trinajstić information content (AvgIpc) is 3.47. The molecule has 4 heterocycles. The number of likely N-dealkylation sites (tertiary alicyclic amines) is 1. The molecule has 1 unspecified atom stereocenters. The number of halogens is 2. The van der Waals surface area contributed by atoms with Crippen LogP contribution >= 0.6 is 23.2 Å². The number of nitrogens with one attached hydrogen (secondary N) is 1. The van der Waals surface area contributed by atoms with E-state index in [0.29, 0.717) is 40.7 Å². The third kappa shape index (κ3) is 7.00. The SMILES string of the molecule is COc1nc(O[C@H]2CCc3c(-c4cccc(-c5cc(C)c(CN6C[C@@H]7C(C(=O)O)[C@@H]7C6)c(OC)n5)c4Cl)cccc32)c(Cl)cc1CCC[C@@H]1CCC(=O)N1. The molecule has 0 spiro atoms. The lowest BCUT2D eigenvalue weighted by Crippen LogP contribution is -2.26. The number of pyridine rings is 2. The van der Waals surface area contributed by atoms with Crippen molar-refractivity contribution in [2.45, 2.75) is 70.6 Å². The molecule has 2 aromatic heterocycles. The van der Waals surface area contributed by atoms with Crippen LogP contribution in [0.15, 0.2) is 48.5 Å². The van der Waals surface area contributed by atoms with Crippen molar-refractivity contribution in [3.05, 3.63) is 86.4 Å². The molecule has 2 N–H and O–H groups in total. The Kier molecular flexibility index (Phi) is 10.2. The minimum absolute atomic E-state index is 0.127. The minimum Gasteiger partial charge on any atom is -0.481 e. The smallest absolute Gasteiger partial charge is 0.307 e. The molecule has 5 atom stereocenters. The van der Waals surface area contributed by atoms with E-state index >= 15 is 0 Å². The predicted octanol–water partition coefficient (Wildman–Crippen LogP) is 7.87. The van der Waals surface area contributed by atoms with Crippen LogP contribution in [-0.2, 0) is 29.0 Å². The Balaban J connectivity index is 0.997. The summed E-state index contributed by atoms with van der Waals surface area (Å²) >= 11 is 14.0. The van der Waals surface area contributed by atoms with Crippen molar-refractivity contribution in [2.75, 3.05) is 27.3 Å². The number of fused-ring (bicyclic) bond motifs is 2. The Morgan fingerprint density at radius 2 is 1.69 bits per heavy atom. The fourth-order valence-corrected chi connectivity index (χ4v) is 9.47. The highest BCUT2D eigenvalue weighted by molar-refractivity contribution is 6.36. The summed E-state index contributed by atoms with van der Waals surface area (Å²) in [5.74, 6) is 1.12. The van der Waals surface area contributed by atoms with E-state index in [-0.39, 0.29) is 35.8 Å². The fraction of sp³-hybridized carbons (Fsp3) is 0.429. The Bertz CT molecular complexity index is 2120. The standard InChI is InChI=1S/C42H44Cl2N4O6/c1-22-17-34(46-40(53-3)30(22)19-48-20-31-32(21-48)37(31)42(50)51)29-12-6-11-28(38(29)44)25-9-5-10-27-26(25)14-15-35(27)54-41-33(43)18-23(39(47-41)52-2)7-4-8-24-13-16-36(49)45-24/h5-6,9-12,17-18,24,31-32,35,37H,4,7-8,13-16,19-21H2,1-3H3,(H,45,49)(H,50,51)/t24-,31-,32+,35+,37?/m1/s1. The number of aliphatic carboxylic acids is 1. The first-order valence-corrected chi connectivity index (χ1v) is 19.5. The number of aromatic nitrogens is 2. The van der Waals surface area contributed by atoms with Crippen LogP contribution in [0.25, 0.3) is 22.4 Å². The zero-order chi connectivity index (χ0) is 37.7. The molecule has 1 amide bonds. The number of carbonyl (C=O) groups excluding carboxylic acids is 1. The maximum absolute atomic E-state index is 11.6. The lowest BCUT2D eigenvalue weighted by atomic mass is 9.94. The van der Waals surface area contributed by atoms with Crippen molar-refractivity contribution < 1.29 is 28.9 Å². The van der Waals surface area contributed by atoms with Crippen molar-refractivity contribution >= 4 is 35.1 Å². The van der Waals surface area contributed by atoms with Gasteiger partial charge >= 0.3 is 5.97 Å². The number of hydrogen-bond acceptors (Lipinski definition) is 8. The van der Waals surface area contributed by atoms with Gasteiger partial charge in [0.1, 0.15) is 11.1 Å². The van der Waals surface area contributed by atoms with E-state index in [0.717, 1.165) is 96.3 Å². The van der Waals surface area contributed by atoms with E-state index in [1.165, 1.54) is 5.56 Å². The van der Waals surface area contributed by atoms with Crippen molar-refractivity contribution in [3.63, 3.8) is 0 Å². The molecular formula is C42H44Cl2N4O6. The number of aryl methyl sites for hydroxylation is 2. The number of ether oxygens (including phenoxy) is 3. The van der Waals surface area contributed by atoms with E-state index in [1.54, 1.807) is 14.2 Å². The van der Waals surface area contributed by atoms with Gasteiger partial charge in [-0.1, -0.05) is 59.6 Å². The third-order valence-electron chi connectivity index (χ3n) is 11.7. The molecular weight excluding hydrogens is 727 g/mol. The molecule has 10 nitrogen and oxygen atoms in total. The van der Waals surface area contributed by atoms with Gasteiger partial charge in [0.25, 0.3) is 0 Å². The van der Waals surface area contributed by atoms with Gasteiger partial charge in [-0.25, -0.2) is 4.98 Å². The summed E-state index contributed by atoms with van der Waals surface area (Å²) in [5, 5.41) is 13.5. The van der Waals surface area contributed by atoms with Crippen LogP contribution in [0.2, 0.25) is 10.0 Å². The molecule has 2 aliphatic carbocycles. The molecule has 2 aliphatic heterocycles. The monoisotopic (exact) mass is 770 g/mol. The minimum atomic E-state index is -0.679. The lowest BCUT2D eigenvalue weighted by Gasteiger charge is -2.22. The van der Waals surface area contributed by atoms with E-state index < -0.39 is 5.97 Å². The second-order valence-electron chi connectivity index (χ2n) is 15.0. The molecule has 3 fully saturated rings. The van der Waals surface area contributed by atoms with Crippen LogP contribution < -0.4 is 19.5 Å². The Labute approximate surface area is 325 Å². The number of amides is 1. The van der Waals surface area contributed by atoms with Crippen LogP contribution in [0.3, 0.4) is 0 Å². The predicted molar refractivity (Wildman–Crippen MR) is 206 cm³/mol. The van der Waals surface area contributed by atoms with Gasteiger partial charge in [0, 0.05) is 54.4 Å². The number of piperidine rings is 1. The molecule has 282 valence electrons. The largest absolute Gasteiger partial charge is 0.481 e. The van der Waals surface area contributed by atoms with Crippen LogP contribution in [0.1, 0.15) is 66.0 Å². The topological polar surface area (TPSA) is 123 Å². The lowest BCUT2D eigenvalue weighted by molar-refractivity contribution is -0.139. The quantitative estimate of drug-likeness (QED) is 0.140. The molecule has 0 radical (unpaired) electrons. The highest BCUT2D eigenvalue weighted by atomic mass is 35.5. The summed E-state index contributed by atoms with van der Waals surface area (Å²) in [5.41, 5.74) is 8.71. The summed E-state index contributed by atoms with van der Waals surface area (Å²) in [6.07, 6.45) is 5.31. The van der Waals surface area contributed by atoms with E-state index in [4.69, 9.17) is 47.4 Å². The molecule has 1 saturated carbocycles. The van der Waals surface area contributed by atoms with Crippen LogP contribution in [0.5, 0.6) is 17.6 Å². The summed E-state index contributed by atoms with van der Waals surface area (Å²) in [6, 6.07) is 16.4. The van der Waals surface area contributed by atoms with Crippen LogP contribution in [-0.4, -0.2) is 65.2 Å². The zero-order valence-electron chi connectivity index (χ0n) is 30.7. The molecule has 54 heavy (non-hydrogen) atoms. The van der Waals surface area contributed by atoms with Gasteiger partial charge in [-0.15, -0.1) is 0 Å². The number of hydrogen-bond donors (Lipinski definition) is 2. The second kappa shape index (κ2) is 15.0. The molecule has 8 rings (SSSR count). The van der Waals surface area contributed by atoms with Crippen molar-refractivity contribution in [1.29, 1.82) is 0 Å². The zero-order valence-corrected chi connectivity index (χ0v) is 32.2. The molecule has 4 aliphatic rings. The van der Waals surface area contributed by atoms with Gasteiger partial charge in [-0.3, -0.25) is 14.5 Å². The van der Waals surface area contributed by atoms with Crippen LogP contribution in [0, 0.1) is 24.7 Å². The Morgan fingerprint density at radius 3 is 2.41 bits per heavy atom. The Morgan fingerprint density at radius 1 is 0.944 bits per heavy atom. The van der Waals surface area contributed by atoms with Gasteiger partial charge in [0.05, 0.1) is 30.9 Å². The van der Waals surface area contributed by atoms with Gasteiger partial charge in [-0.2, -0.15) is 4.98 Å². The fourth-order valence-electron chi connectivity index (χ4n) is 8.93. The van der Waals surface area contributed by atoms with E-state index in [9.17, 15) is 14.7 Å². The van der Waals surface area contributed by atoms with Crippen molar-refractivity contribution in [3.8, 4) is 40.0 Å². The summed E-state index contributed by atoms with van der Waals surface area (Å²) in [7, 11) is 3.24. The maximum Gasteiger partial charge on any atom is 0.307 e. The summed E-state index contributed by atoms with van der Waals surface area (Å²) in [6.45, 7) is 4.28. The first-order valence-electron chi connectivity index (χ1n) is 18.7. The number of benzene rings is 2. The molecule has 12 heteroatoms. The van der Waals surface area contributed by atoms with Gasteiger partial charge in [-0.05, 0) is 91.7 Å². The number of carboxylic acids is 1. The maximum atomic E-state index is 11.6. The first kappa shape index (κ1) is 36.6. The second-order valence-corrected chi connectivity index (χ2v) is 15.8. The number of methoxy groups -OCH3 is 2. The molecule has 2 aromatic carbocycles. The number of nitrogens with zero attached hydrogens (tertiary/aromatic N) is 3. The summed E-state index contributed by atoms with van der Waals surface area (Å²) < 4.78 is 18.0. The van der Waals surface area contributed by atoms with Crippen LogP contribution in [0.4, 0.5) is 0 Å². The van der Waals surface area contributed by atoms with Gasteiger partial charge in [0.2, 0.25) is 23.5 Å². The normalized spacial score (nSPS) is 22.8.